The fraction of sp³-hybridized carbons (Fsp3) is 0.600. The first-order valence-electron chi connectivity index (χ1n) is 5.14. The summed E-state index contributed by atoms with van der Waals surface area (Å²) in [5.74, 6) is 0.309. The van der Waals surface area contributed by atoms with Crippen molar-refractivity contribution in [2.45, 2.75) is 13.3 Å². The zero-order chi connectivity index (χ0) is 12.8. The molecule has 0 radical (unpaired) electrons. The van der Waals surface area contributed by atoms with Crippen molar-refractivity contribution in [3.05, 3.63) is 10.6 Å². The lowest BCUT2D eigenvalue weighted by molar-refractivity contribution is 0.0605. The fourth-order valence-corrected chi connectivity index (χ4v) is 2.69. The van der Waals surface area contributed by atoms with E-state index in [-0.39, 0.29) is 5.97 Å². The van der Waals surface area contributed by atoms with Crippen LogP contribution in [-0.2, 0) is 15.5 Å². The second-order valence-corrected chi connectivity index (χ2v) is 6.04. The zero-order valence-electron chi connectivity index (χ0n) is 10.1. The van der Waals surface area contributed by atoms with Crippen LogP contribution in [0.25, 0.3) is 0 Å². The van der Waals surface area contributed by atoms with Crippen molar-refractivity contribution in [3.63, 3.8) is 0 Å². The molecule has 1 unspecified atom stereocenters. The van der Waals surface area contributed by atoms with E-state index in [1.807, 2.05) is 0 Å². The number of methoxy groups -OCH3 is 1. The summed E-state index contributed by atoms with van der Waals surface area (Å²) in [5, 5.41) is 3.80. The SMILES string of the molecule is COC(=O)c1sc(NCCCS(C)=O)nc1C. The highest BCUT2D eigenvalue weighted by Crippen LogP contribution is 2.22. The van der Waals surface area contributed by atoms with Gasteiger partial charge < -0.3 is 10.1 Å². The molecule has 0 spiro atoms. The monoisotopic (exact) mass is 276 g/mol. The zero-order valence-corrected chi connectivity index (χ0v) is 11.7. The van der Waals surface area contributed by atoms with Gasteiger partial charge in [0.25, 0.3) is 0 Å². The van der Waals surface area contributed by atoms with Gasteiger partial charge in [-0.1, -0.05) is 11.3 Å². The van der Waals surface area contributed by atoms with Crippen molar-refractivity contribution < 1.29 is 13.7 Å². The van der Waals surface area contributed by atoms with Gasteiger partial charge in [0.05, 0.1) is 12.8 Å². The Balaban J connectivity index is 2.50. The molecule has 1 rings (SSSR count). The van der Waals surface area contributed by atoms with Gasteiger partial charge in [0.1, 0.15) is 4.88 Å². The molecule has 0 aliphatic heterocycles. The summed E-state index contributed by atoms with van der Waals surface area (Å²) in [7, 11) is 0.590. The highest BCUT2D eigenvalue weighted by atomic mass is 32.2. The first-order valence-corrected chi connectivity index (χ1v) is 7.68. The number of ether oxygens (including phenoxy) is 1. The van der Waals surface area contributed by atoms with Gasteiger partial charge in [0.2, 0.25) is 0 Å². The number of aryl methyl sites for hydroxylation is 1. The smallest absolute Gasteiger partial charge is 0.350 e. The molecule has 0 saturated carbocycles. The molecule has 0 aliphatic rings. The molecule has 1 N–H and O–H groups in total. The number of nitrogens with one attached hydrogen (secondary N) is 1. The van der Waals surface area contributed by atoms with Gasteiger partial charge in [-0.15, -0.1) is 0 Å². The molecule has 5 nitrogen and oxygen atoms in total. The number of nitrogens with zero attached hydrogens (tertiary/aromatic N) is 1. The summed E-state index contributed by atoms with van der Waals surface area (Å²) in [5.41, 5.74) is 0.670. The van der Waals surface area contributed by atoms with Crippen LogP contribution in [0.2, 0.25) is 0 Å². The molecule has 1 aromatic heterocycles. The first kappa shape index (κ1) is 14.1. The molecule has 0 saturated heterocycles. The van der Waals surface area contributed by atoms with E-state index < -0.39 is 10.8 Å². The molecule has 0 bridgehead atoms. The summed E-state index contributed by atoms with van der Waals surface area (Å²) in [6, 6.07) is 0. The Labute approximate surface area is 107 Å². The summed E-state index contributed by atoms with van der Waals surface area (Å²) < 4.78 is 15.5. The second-order valence-electron chi connectivity index (χ2n) is 3.48. The lowest BCUT2D eigenvalue weighted by atomic mass is 10.4. The Kier molecular flexibility index (Phi) is 5.57. The molecule has 0 amide bonds. The van der Waals surface area contributed by atoms with Gasteiger partial charge >= 0.3 is 5.97 Å². The Bertz CT molecular complexity index is 418. The van der Waals surface area contributed by atoms with Gasteiger partial charge in [0.15, 0.2) is 5.13 Å². The maximum absolute atomic E-state index is 11.3. The van der Waals surface area contributed by atoms with Crippen LogP contribution in [0, 0.1) is 6.92 Å². The van der Waals surface area contributed by atoms with E-state index in [2.05, 4.69) is 15.0 Å². The number of hydrogen-bond acceptors (Lipinski definition) is 6. The van der Waals surface area contributed by atoms with E-state index in [1.54, 1.807) is 13.2 Å². The lowest BCUT2D eigenvalue weighted by Gasteiger charge is -2.00. The molecule has 96 valence electrons. The Hall–Kier alpha value is -0.950. The van der Waals surface area contributed by atoms with E-state index in [4.69, 9.17) is 0 Å². The van der Waals surface area contributed by atoms with E-state index in [1.165, 1.54) is 18.4 Å². The van der Waals surface area contributed by atoms with Crippen molar-refractivity contribution >= 4 is 33.2 Å². The van der Waals surface area contributed by atoms with Crippen LogP contribution in [0.3, 0.4) is 0 Å². The minimum Gasteiger partial charge on any atom is -0.465 e. The summed E-state index contributed by atoms with van der Waals surface area (Å²) in [4.78, 5) is 16.1. The van der Waals surface area contributed by atoms with Crippen LogP contribution in [0.15, 0.2) is 0 Å². The predicted molar refractivity (Wildman–Crippen MR) is 70.2 cm³/mol. The number of anilines is 1. The number of thiazole rings is 1. The van der Waals surface area contributed by atoms with Crippen molar-refractivity contribution in [1.82, 2.24) is 4.98 Å². The number of esters is 1. The molecule has 0 fully saturated rings. The lowest BCUT2D eigenvalue weighted by Crippen LogP contribution is -2.05. The third-order valence-electron chi connectivity index (χ3n) is 2.05. The van der Waals surface area contributed by atoms with Gasteiger partial charge in [0, 0.05) is 29.4 Å². The van der Waals surface area contributed by atoms with E-state index >= 15 is 0 Å². The first-order chi connectivity index (χ1) is 8.04. The molecule has 1 atom stereocenters. The van der Waals surface area contributed by atoms with Crippen molar-refractivity contribution in [3.8, 4) is 0 Å². The Morgan fingerprint density at radius 3 is 2.88 bits per heavy atom. The minimum atomic E-state index is -0.763. The van der Waals surface area contributed by atoms with Gasteiger partial charge in [-0.05, 0) is 13.3 Å². The van der Waals surface area contributed by atoms with E-state index in [0.29, 0.717) is 28.0 Å². The topological polar surface area (TPSA) is 68.3 Å². The van der Waals surface area contributed by atoms with Crippen LogP contribution in [-0.4, -0.2) is 40.8 Å². The summed E-state index contributed by atoms with van der Waals surface area (Å²) >= 11 is 1.28. The predicted octanol–water partition coefficient (Wildman–Crippen LogP) is 1.42. The molecule has 1 heterocycles. The standard InChI is InChI=1S/C10H16N2O3S2/c1-7-8(9(13)15-2)16-10(12-7)11-5-4-6-17(3)14/h4-6H2,1-3H3,(H,11,12). The number of aromatic nitrogens is 1. The van der Waals surface area contributed by atoms with Gasteiger partial charge in [-0.2, -0.15) is 0 Å². The maximum atomic E-state index is 11.3. The second kappa shape index (κ2) is 6.70. The average Bonchev–Trinajstić information content (AvgIpc) is 2.65. The van der Waals surface area contributed by atoms with Crippen molar-refractivity contribution in [2.75, 3.05) is 31.0 Å². The summed E-state index contributed by atoms with van der Waals surface area (Å²) in [6.07, 6.45) is 2.50. The highest BCUT2D eigenvalue weighted by Gasteiger charge is 2.15. The number of carbonyl (C=O) groups excluding carboxylic acids is 1. The maximum Gasteiger partial charge on any atom is 0.350 e. The third kappa shape index (κ3) is 4.43. The molecule has 17 heavy (non-hydrogen) atoms. The molecule has 0 aliphatic carbocycles. The quantitative estimate of drug-likeness (QED) is 0.628. The van der Waals surface area contributed by atoms with Crippen LogP contribution < -0.4 is 5.32 Å². The number of hydrogen-bond donors (Lipinski definition) is 1. The summed E-state index contributed by atoms with van der Waals surface area (Å²) in [6.45, 7) is 2.47. The largest absolute Gasteiger partial charge is 0.465 e. The van der Waals surface area contributed by atoms with Gasteiger partial charge in [-0.25, -0.2) is 9.78 Å². The Morgan fingerprint density at radius 2 is 2.29 bits per heavy atom. The van der Waals surface area contributed by atoms with Crippen LogP contribution >= 0.6 is 11.3 Å². The Morgan fingerprint density at radius 1 is 1.59 bits per heavy atom. The molecular weight excluding hydrogens is 260 g/mol. The molecule has 1 aromatic rings. The fourth-order valence-electron chi connectivity index (χ4n) is 1.22. The van der Waals surface area contributed by atoms with Crippen LogP contribution in [0.1, 0.15) is 21.8 Å². The number of carbonyl (C=O) groups is 1. The van der Waals surface area contributed by atoms with E-state index in [9.17, 15) is 9.00 Å². The van der Waals surface area contributed by atoms with Crippen LogP contribution in [0.5, 0.6) is 0 Å². The van der Waals surface area contributed by atoms with Crippen molar-refractivity contribution in [1.29, 1.82) is 0 Å². The van der Waals surface area contributed by atoms with Crippen molar-refractivity contribution in [2.24, 2.45) is 0 Å². The molecule has 0 aromatic carbocycles. The van der Waals surface area contributed by atoms with Gasteiger partial charge in [-0.3, -0.25) is 4.21 Å². The minimum absolute atomic E-state index is 0.359. The number of rotatable bonds is 6. The highest BCUT2D eigenvalue weighted by molar-refractivity contribution is 7.84. The third-order valence-corrected chi connectivity index (χ3v) is 4.01. The molecular formula is C10H16N2O3S2. The molecule has 7 heteroatoms. The van der Waals surface area contributed by atoms with Crippen LogP contribution in [0.4, 0.5) is 5.13 Å². The normalized spacial score (nSPS) is 12.2. The van der Waals surface area contributed by atoms with E-state index in [0.717, 1.165) is 6.42 Å². The average molecular weight is 276 g/mol.